The summed E-state index contributed by atoms with van der Waals surface area (Å²) in [6.45, 7) is 0.676. The molecule has 18 heavy (non-hydrogen) atoms. The van der Waals surface area contributed by atoms with Crippen LogP contribution in [0, 0.1) is 0 Å². The Morgan fingerprint density at radius 3 is 2.61 bits per heavy atom. The number of benzene rings is 1. The summed E-state index contributed by atoms with van der Waals surface area (Å²) >= 11 is 1.67. The number of thioether (sulfide) groups is 1. The topological polar surface area (TPSA) is 57.6 Å². The Kier molecular flexibility index (Phi) is 5.71. The molecule has 0 saturated carbocycles. The van der Waals surface area contributed by atoms with Crippen LogP contribution in [0.25, 0.3) is 0 Å². The molecule has 0 spiro atoms. The Morgan fingerprint density at radius 1 is 1.33 bits per heavy atom. The first-order chi connectivity index (χ1) is 8.56. The zero-order valence-corrected chi connectivity index (χ0v) is 11.4. The summed E-state index contributed by atoms with van der Waals surface area (Å²) in [5.74, 6) is -0.175. The van der Waals surface area contributed by atoms with Crippen LogP contribution in [-0.2, 0) is 11.2 Å². The van der Waals surface area contributed by atoms with Crippen molar-refractivity contribution in [2.45, 2.75) is 6.42 Å². The van der Waals surface area contributed by atoms with Gasteiger partial charge in [-0.15, -0.1) is 0 Å². The summed E-state index contributed by atoms with van der Waals surface area (Å²) in [7, 11) is 1.74. The molecule has 0 aromatic heterocycles. The van der Waals surface area contributed by atoms with Crippen molar-refractivity contribution in [1.29, 1.82) is 0 Å². The van der Waals surface area contributed by atoms with Crippen molar-refractivity contribution in [3.63, 3.8) is 0 Å². The molecule has 5 heteroatoms. The molecule has 0 radical (unpaired) electrons. The van der Waals surface area contributed by atoms with Crippen LogP contribution < -0.4 is 0 Å². The third kappa shape index (κ3) is 4.07. The molecule has 0 aliphatic heterocycles. The number of carbonyl (C=O) groups excluding carboxylic acids is 1. The predicted octanol–water partition coefficient (Wildman–Crippen LogP) is 1.75. The maximum atomic E-state index is 11.9. The molecule has 0 aliphatic carbocycles. The third-order valence-corrected chi connectivity index (χ3v) is 3.24. The molecular formula is C13H17NO3S. The van der Waals surface area contributed by atoms with Crippen LogP contribution in [0.2, 0.25) is 0 Å². The Balaban J connectivity index is 2.72. The molecule has 0 heterocycles. The molecule has 98 valence electrons. The highest BCUT2D eigenvalue weighted by Crippen LogP contribution is 2.10. The highest BCUT2D eigenvalue weighted by molar-refractivity contribution is 7.98. The fraction of sp³-hybridized carbons (Fsp3) is 0.385. The van der Waals surface area contributed by atoms with Gasteiger partial charge in [-0.2, -0.15) is 11.8 Å². The fourth-order valence-electron chi connectivity index (χ4n) is 1.53. The quantitative estimate of drug-likeness (QED) is 0.853. The lowest BCUT2D eigenvalue weighted by molar-refractivity contribution is -0.128. The largest absolute Gasteiger partial charge is 0.478 e. The van der Waals surface area contributed by atoms with E-state index in [-0.39, 0.29) is 17.9 Å². The highest BCUT2D eigenvalue weighted by Gasteiger charge is 2.14. The third-order valence-electron chi connectivity index (χ3n) is 2.65. The van der Waals surface area contributed by atoms with Gasteiger partial charge in [-0.05, 0) is 17.9 Å². The number of rotatable bonds is 6. The molecule has 1 N–H and O–H groups in total. The summed E-state index contributed by atoms with van der Waals surface area (Å²) in [6.07, 6.45) is 2.12. The van der Waals surface area contributed by atoms with Gasteiger partial charge in [0, 0.05) is 19.3 Å². The van der Waals surface area contributed by atoms with Gasteiger partial charge in [-0.1, -0.05) is 18.2 Å². The molecule has 0 bridgehead atoms. The molecular weight excluding hydrogens is 250 g/mol. The minimum atomic E-state index is -0.995. The van der Waals surface area contributed by atoms with Gasteiger partial charge in [0.05, 0.1) is 12.0 Å². The number of likely N-dealkylation sites (N-methyl/N-ethyl adjacent to an activating group) is 1. The summed E-state index contributed by atoms with van der Waals surface area (Å²) < 4.78 is 0. The molecule has 0 fully saturated rings. The second-order valence-corrected chi connectivity index (χ2v) is 4.93. The van der Waals surface area contributed by atoms with Gasteiger partial charge in [0.2, 0.25) is 5.91 Å². The molecule has 0 unspecified atom stereocenters. The van der Waals surface area contributed by atoms with E-state index in [1.807, 2.05) is 6.26 Å². The lowest BCUT2D eigenvalue weighted by Crippen LogP contribution is -2.30. The van der Waals surface area contributed by atoms with E-state index in [0.717, 1.165) is 5.75 Å². The Bertz CT molecular complexity index is 434. The number of carbonyl (C=O) groups is 2. The zero-order valence-electron chi connectivity index (χ0n) is 10.5. The van der Waals surface area contributed by atoms with Crippen LogP contribution >= 0.6 is 11.8 Å². The second-order valence-electron chi connectivity index (χ2n) is 3.95. The first-order valence-electron chi connectivity index (χ1n) is 5.60. The molecule has 0 aliphatic rings. The molecule has 1 rings (SSSR count). The van der Waals surface area contributed by atoms with Crippen molar-refractivity contribution in [1.82, 2.24) is 4.90 Å². The van der Waals surface area contributed by atoms with E-state index in [1.165, 1.54) is 6.07 Å². The Labute approximate surface area is 111 Å². The lowest BCUT2D eigenvalue weighted by atomic mass is 10.0. The van der Waals surface area contributed by atoms with E-state index in [9.17, 15) is 9.59 Å². The average molecular weight is 267 g/mol. The summed E-state index contributed by atoms with van der Waals surface area (Å²) in [5.41, 5.74) is 0.759. The van der Waals surface area contributed by atoms with Crippen molar-refractivity contribution in [2.24, 2.45) is 0 Å². The van der Waals surface area contributed by atoms with Crippen LogP contribution in [0.5, 0.6) is 0 Å². The van der Waals surface area contributed by atoms with Gasteiger partial charge >= 0.3 is 5.97 Å². The summed E-state index contributed by atoms with van der Waals surface area (Å²) in [6, 6.07) is 6.61. The number of nitrogens with zero attached hydrogens (tertiary/aromatic N) is 1. The van der Waals surface area contributed by atoms with E-state index in [0.29, 0.717) is 12.1 Å². The fourth-order valence-corrected chi connectivity index (χ4v) is 1.99. The molecule has 1 aromatic rings. The predicted molar refractivity (Wildman–Crippen MR) is 73.1 cm³/mol. The minimum Gasteiger partial charge on any atom is -0.478 e. The smallest absolute Gasteiger partial charge is 0.335 e. The number of carboxylic acid groups (broad SMARTS) is 1. The first-order valence-corrected chi connectivity index (χ1v) is 6.99. The molecule has 0 atom stereocenters. The average Bonchev–Trinajstić information content (AvgIpc) is 2.36. The monoisotopic (exact) mass is 267 g/mol. The van der Waals surface area contributed by atoms with Gasteiger partial charge in [-0.3, -0.25) is 4.79 Å². The lowest BCUT2D eigenvalue weighted by Gasteiger charge is -2.17. The summed E-state index contributed by atoms with van der Waals surface area (Å²) in [4.78, 5) is 24.6. The molecule has 4 nitrogen and oxygen atoms in total. The van der Waals surface area contributed by atoms with Crippen molar-refractivity contribution >= 4 is 23.6 Å². The van der Waals surface area contributed by atoms with Crippen LogP contribution in [0.1, 0.15) is 15.9 Å². The molecule has 1 aromatic carbocycles. The minimum absolute atomic E-state index is 0.0576. The van der Waals surface area contributed by atoms with Crippen LogP contribution in [0.15, 0.2) is 24.3 Å². The number of hydrogen-bond donors (Lipinski definition) is 1. The SMILES string of the molecule is CSCCN(C)C(=O)Cc1ccccc1C(=O)O. The van der Waals surface area contributed by atoms with E-state index >= 15 is 0 Å². The van der Waals surface area contributed by atoms with E-state index in [4.69, 9.17) is 5.11 Å². The number of aromatic carboxylic acids is 1. The van der Waals surface area contributed by atoms with Crippen LogP contribution in [0.3, 0.4) is 0 Å². The highest BCUT2D eigenvalue weighted by atomic mass is 32.2. The van der Waals surface area contributed by atoms with E-state index in [2.05, 4.69) is 0 Å². The summed E-state index contributed by atoms with van der Waals surface area (Å²) in [5, 5.41) is 9.03. The number of hydrogen-bond acceptors (Lipinski definition) is 3. The van der Waals surface area contributed by atoms with Crippen LogP contribution in [0.4, 0.5) is 0 Å². The Hall–Kier alpha value is -1.49. The van der Waals surface area contributed by atoms with Crippen LogP contribution in [-0.4, -0.2) is 47.5 Å². The Morgan fingerprint density at radius 2 is 2.00 bits per heavy atom. The first kappa shape index (κ1) is 14.6. The van der Waals surface area contributed by atoms with Crippen molar-refractivity contribution < 1.29 is 14.7 Å². The maximum Gasteiger partial charge on any atom is 0.335 e. The van der Waals surface area contributed by atoms with Gasteiger partial charge in [0.1, 0.15) is 0 Å². The van der Waals surface area contributed by atoms with Crippen molar-refractivity contribution in [3.05, 3.63) is 35.4 Å². The van der Waals surface area contributed by atoms with Gasteiger partial charge in [0.25, 0.3) is 0 Å². The zero-order chi connectivity index (χ0) is 13.5. The number of carboxylic acids is 1. The second kappa shape index (κ2) is 7.06. The van der Waals surface area contributed by atoms with Crippen molar-refractivity contribution in [3.8, 4) is 0 Å². The van der Waals surface area contributed by atoms with E-state index in [1.54, 1.807) is 41.9 Å². The van der Waals surface area contributed by atoms with Gasteiger partial charge < -0.3 is 10.0 Å². The van der Waals surface area contributed by atoms with Gasteiger partial charge in [-0.25, -0.2) is 4.79 Å². The van der Waals surface area contributed by atoms with Gasteiger partial charge in [0.15, 0.2) is 0 Å². The number of amides is 1. The molecule has 0 saturated heterocycles. The molecule has 1 amide bonds. The van der Waals surface area contributed by atoms with Crippen molar-refractivity contribution in [2.75, 3.05) is 25.6 Å². The normalized spacial score (nSPS) is 10.1. The van der Waals surface area contributed by atoms with E-state index < -0.39 is 5.97 Å². The maximum absolute atomic E-state index is 11.9. The standard InChI is InChI=1S/C13H17NO3S/c1-14(7-8-18-2)12(15)9-10-5-3-4-6-11(10)13(16)17/h3-6H,7-9H2,1-2H3,(H,16,17).